The van der Waals surface area contributed by atoms with Crippen molar-refractivity contribution in [2.24, 2.45) is 0 Å². The van der Waals surface area contributed by atoms with Gasteiger partial charge in [0.15, 0.2) is 0 Å². The van der Waals surface area contributed by atoms with Crippen molar-refractivity contribution in [1.82, 2.24) is 9.21 Å². The number of sulfonamides is 1. The Bertz CT molecular complexity index is 292. The van der Waals surface area contributed by atoms with Crippen molar-refractivity contribution in [3.05, 3.63) is 0 Å². The molecule has 1 heterocycles. The van der Waals surface area contributed by atoms with Crippen LogP contribution < -0.4 is 0 Å². The summed E-state index contributed by atoms with van der Waals surface area (Å²) >= 11 is 0. The quantitative estimate of drug-likeness (QED) is 0.682. The van der Waals surface area contributed by atoms with Crippen LogP contribution in [-0.2, 0) is 10.0 Å². The molecule has 1 aliphatic heterocycles. The van der Waals surface area contributed by atoms with Crippen molar-refractivity contribution in [2.45, 2.75) is 19.3 Å². The zero-order valence-corrected chi connectivity index (χ0v) is 10.7. The molecule has 0 amide bonds. The molecule has 1 fully saturated rings. The maximum atomic E-state index is 11.4. The topological polar surface area (TPSA) is 60.9 Å². The third-order valence-corrected chi connectivity index (χ3v) is 4.20. The fourth-order valence-corrected chi connectivity index (χ4v) is 2.82. The zero-order valence-electron chi connectivity index (χ0n) is 9.93. The molecule has 96 valence electrons. The monoisotopic (exact) mass is 250 g/mol. The summed E-state index contributed by atoms with van der Waals surface area (Å²) in [4.78, 5) is 2.28. The van der Waals surface area contributed by atoms with E-state index in [0.717, 1.165) is 38.9 Å². The van der Waals surface area contributed by atoms with E-state index in [2.05, 4.69) is 4.90 Å². The average Bonchev–Trinajstić information content (AvgIpc) is 2.43. The van der Waals surface area contributed by atoms with Gasteiger partial charge in [0.2, 0.25) is 10.0 Å². The van der Waals surface area contributed by atoms with Crippen molar-refractivity contribution in [3.8, 4) is 0 Å². The van der Waals surface area contributed by atoms with Crippen LogP contribution in [0.15, 0.2) is 0 Å². The van der Waals surface area contributed by atoms with Gasteiger partial charge in [0, 0.05) is 26.2 Å². The Balaban J connectivity index is 2.35. The summed E-state index contributed by atoms with van der Waals surface area (Å²) in [7, 11) is -3.03. The molecule has 0 aromatic heterocycles. The lowest BCUT2D eigenvalue weighted by Gasteiger charge is -2.20. The van der Waals surface area contributed by atoms with Gasteiger partial charge < -0.3 is 10.0 Å². The Labute approximate surface area is 98.1 Å². The molecule has 0 aromatic rings. The summed E-state index contributed by atoms with van der Waals surface area (Å²) in [6.45, 7) is 4.19. The predicted octanol–water partition coefficient (Wildman–Crippen LogP) is -0.274. The molecule has 1 rings (SSSR count). The van der Waals surface area contributed by atoms with Crippen molar-refractivity contribution < 1.29 is 13.5 Å². The first-order valence-corrected chi connectivity index (χ1v) is 7.67. The van der Waals surface area contributed by atoms with E-state index in [1.165, 1.54) is 6.26 Å². The predicted molar refractivity (Wildman–Crippen MR) is 63.8 cm³/mol. The summed E-state index contributed by atoms with van der Waals surface area (Å²) in [5.41, 5.74) is 0. The van der Waals surface area contributed by atoms with Gasteiger partial charge >= 0.3 is 0 Å². The van der Waals surface area contributed by atoms with Crippen LogP contribution in [0.1, 0.15) is 19.3 Å². The highest BCUT2D eigenvalue weighted by Crippen LogP contribution is 2.07. The first-order valence-electron chi connectivity index (χ1n) is 5.82. The zero-order chi connectivity index (χ0) is 12.0. The van der Waals surface area contributed by atoms with Gasteiger partial charge in [0.25, 0.3) is 0 Å². The molecule has 0 bridgehead atoms. The molecule has 0 unspecified atom stereocenters. The standard InChI is InChI=1S/C10H22N2O3S/c1-16(14,15)12-7-4-6-11(8-9-12)5-2-3-10-13/h13H,2-10H2,1H3. The Morgan fingerprint density at radius 3 is 2.50 bits per heavy atom. The van der Waals surface area contributed by atoms with Gasteiger partial charge in [0.05, 0.1) is 6.26 Å². The number of rotatable bonds is 5. The molecule has 0 atom stereocenters. The lowest BCUT2D eigenvalue weighted by molar-refractivity contribution is 0.248. The number of aliphatic hydroxyl groups is 1. The molecule has 6 heteroatoms. The van der Waals surface area contributed by atoms with E-state index >= 15 is 0 Å². The molecule has 1 N–H and O–H groups in total. The molecule has 0 radical (unpaired) electrons. The van der Waals surface area contributed by atoms with Crippen LogP contribution in [0.25, 0.3) is 0 Å². The Kier molecular flexibility index (Phi) is 5.68. The van der Waals surface area contributed by atoms with Crippen LogP contribution in [0.5, 0.6) is 0 Å². The summed E-state index contributed by atoms with van der Waals surface area (Å²) in [5, 5.41) is 8.69. The normalized spacial score (nSPS) is 20.9. The van der Waals surface area contributed by atoms with E-state index in [9.17, 15) is 8.42 Å². The molecule has 1 saturated heterocycles. The maximum Gasteiger partial charge on any atom is 0.211 e. The van der Waals surface area contributed by atoms with Crippen LogP contribution in [0.2, 0.25) is 0 Å². The van der Waals surface area contributed by atoms with Crippen LogP contribution in [-0.4, -0.2) is 68.3 Å². The molecular formula is C10H22N2O3S. The molecule has 0 aromatic carbocycles. The minimum Gasteiger partial charge on any atom is -0.396 e. The second-order valence-electron chi connectivity index (χ2n) is 4.29. The molecular weight excluding hydrogens is 228 g/mol. The largest absolute Gasteiger partial charge is 0.396 e. The number of hydrogen-bond donors (Lipinski definition) is 1. The van der Waals surface area contributed by atoms with Crippen LogP contribution in [0, 0.1) is 0 Å². The third kappa shape index (κ3) is 4.78. The van der Waals surface area contributed by atoms with Crippen LogP contribution >= 0.6 is 0 Å². The lowest BCUT2D eigenvalue weighted by Crippen LogP contribution is -2.34. The van der Waals surface area contributed by atoms with Crippen LogP contribution in [0.3, 0.4) is 0 Å². The molecule has 0 aliphatic carbocycles. The average molecular weight is 250 g/mol. The Hall–Kier alpha value is -0.170. The highest BCUT2D eigenvalue weighted by molar-refractivity contribution is 7.88. The van der Waals surface area contributed by atoms with Gasteiger partial charge in [-0.3, -0.25) is 0 Å². The minimum absolute atomic E-state index is 0.239. The molecule has 16 heavy (non-hydrogen) atoms. The Morgan fingerprint density at radius 1 is 1.12 bits per heavy atom. The highest BCUT2D eigenvalue weighted by atomic mass is 32.2. The smallest absolute Gasteiger partial charge is 0.211 e. The summed E-state index contributed by atoms with van der Waals surface area (Å²) in [6, 6.07) is 0. The molecule has 0 spiro atoms. The van der Waals surface area contributed by atoms with Gasteiger partial charge in [-0.15, -0.1) is 0 Å². The third-order valence-electron chi connectivity index (χ3n) is 2.90. The van der Waals surface area contributed by atoms with Gasteiger partial charge in [0.1, 0.15) is 0 Å². The van der Waals surface area contributed by atoms with E-state index < -0.39 is 10.0 Å². The second kappa shape index (κ2) is 6.54. The lowest BCUT2D eigenvalue weighted by atomic mass is 10.3. The van der Waals surface area contributed by atoms with Crippen molar-refractivity contribution in [3.63, 3.8) is 0 Å². The maximum absolute atomic E-state index is 11.4. The Morgan fingerprint density at radius 2 is 1.88 bits per heavy atom. The fraction of sp³-hybridized carbons (Fsp3) is 1.00. The van der Waals surface area contributed by atoms with E-state index in [0.29, 0.717) is 13.1 Å². The summed E-state index contributed by atoms with van der Waals surface area (Å²) in [5.74, 6) is 0. The van der Waals surface area contributed by atoms with E-state index in [-0.39, 0.29) is 6.61 Å². The molecule has 1 aliphatic rings. The first-order chi connectivity index (χ1) is 7.54. The second-order valence-corrected chi connectivity index (χ2v) is 6.27. The number of nitrogens with zero attached hydrogens (tertiary/aromatic N) is 2. The van der Waals surface area contributed by atoms with E-state index in [1.54, 1.807) is 4.31 Å². The number of hydrogen-bond acceptors (Lipinski definition) is 4. The van der Waals surface area contributed by atoms with Gasteiger partial charge in [-0.05, 0) is 32.4 Å². The van der Waals surface area contributed by atoms with Gasteiger partial charge in [-0.25, -0.2) is 12.7 Å². The molecule has 5 nitrogen and oxygen atoms in total. The van der Waals surface area contributed by atoms with Crippen LogP contribution in [0.4, 0.5) is 0 Å². The highest BCUT2D eigenvalue weighted by Gasteiger charge is 2.20. The number of unbranched alkanes of at least 4 members (excludes halogenated alkanes) is 1. The summed E-state index contributed by atoms with van der Waals surface area (Å²) < 4.78 is 24.3. The van der Waals surface area contributed by atoms with E-state index in [1.807, 2.05) is 0 Å². The fourth-order valence-electron chi connectivity index (χ4n) is 1.95. The SMILES string of the molecule is CS(=O)(=O)N1CCCN(CCCCO)CC1. The van der Waals surface area contributed by atoms with Crippen molar-refractivity contribution in [1.29, 1.82) is 0 Å². The summed E-state index contributed by atoms with van der Waals surface area (Å²) in [6.07, 6.45) is 3.97. The van der Waals surface area contributed by atoms with Crippen molar-refractivity contribution >= 4 is 10.0 Å². The van der Waals surface area contributed by atoms with Gasteiger partial charge in [-0.2, -0.15) is 0 Å². The number of aliphatic hydroxyl groups excluding tert-OH is 1. The molecule has 0 saturated carbocycles. The minimum atomic E-state index is -3.03. The van der Waals surface area contributed by atoms with E-state index in [4.69, 9.17) is 5.11 Å². The van der Waals surface area contributed by atoms with Crippen molar-refractivity contribution in [2.75, 3.05) is 45.6 Å². The first kappa shape index (κ1) is 13.9. The van der Waals surface area contributed by atoms with Gasteiger partial charge in [-0.1, -0.05) is 0 Å².